The van der Waals surface area contributed by atoms with Gasteiger partial charge in [0.2, 0.25) is 5.89 Å². The summed E-state index contributed by atoms with van der Waals surface area (Å²) in [5, 5.41) is 0.254. The van der Waals surface area contributed by atoms with Crippen molar-refractivity contribution < 1.29 is 23.4 Å². The lowest BCUT2D eigenvalue weighted by Gasteiger charge is -2.12. The van der Waals surface area contributed by atoms with Gasteiger partial charge in [-0.05, 0) is 12.1 Å². The van der Waals surface area contributed by atoms with Gasteiger partial charge in [0.1, 0.15) is 22.4 Å². The summed E-state index contributed by atoms with van der Waals surface area (Å²) in [6.45, 7) is 1.27. The van der Waals surface area contributed by atoms with Crippen LogP contribution in [0.1, 0.15) is 6.92 Å². The van der Waals surface area contributed by atoms with Crippen molar-refractivity contribution in [3.05, 3.63) is 45.8 Å². The number of fused-ring (bicyclic) bond motifs is 1. The van der Waals surface area contributed by atoms with Crippen molar-refractivity contribution in [2.75, 3.05) is 14.2 Å². The van der Waals surface area contributed by atoms with Gasteiger partial charge in [0, 0.05) is 13.0 Å². The highest BCUT2D eigenvalue weighted by molar-refractivity contribution is 6.33. The van der Waals surface area contributed by atoms with Gasteiger partial charge in [0.25, 0.3) is 0 Å². The molecule has 134 valence electrons. The average Bonchev–Trinajstić information content (AvgIpc) is 2.61. The fraction of sp³-hybridized carbons (Fsp3) is 0.167. The number of carbonyl (C=O) groups excluding carboxylic acids is 1. The molecule has 8 heteroatoms. The Hall–Kier alpha value is -3.06. The number of rotatable bonds is 4. The zero-order valence-electron chi connectivity index (χ0n) is 14.2. The Kier molecular flexibility index (Phi) is 4.81. The summed E-state index contributed by atoms with van der Waals surface area (Å²) in [5.41, 5.74) is -0.143. The van der Waals surface area contributed by atoms with E-state index in [-0.39, 0.29) is 39.1 Å². The van der Waals surface area contributed by atoms with Crippen LogP contribution in [0.5, 0.6) is 17.2 Å². The van der Waals surface area contributed by atoms with Gasteiger partial charge < -0.3 is 18.6 Å². The Morgan fingerprint density at radius 2 is 1.88 bits per heavy atom. The van der Waals surface area contributed by atoms with E-state index in [1.54, 1.807) is 24.3 Å². The molecule has 3 rings (SSSR count). The number of methoxy groups -OCH3 is 2. The summed E-state index contributed by atoms with van der Waals surface area (Å²) >= 11 is 6.13. The number of hydrogen-bond donors (Lipinski definition) is 0. The van der Waals surface area contributed by atoms with Crippen LogP contribution in [0.25, 0.3) is 22.4 Å². The second-order valence-electron chi connectivity index (χ2n) is 5.21. The van der Waals surface area contributed by atoms with Gasteiger partial charge in [-0.2, -0.15) is 0 Å². The molecule has 0 aliphatic heterocycles. The Bertz CT molecular complexity index is 1060. The van der Waals surface area contributed by atoms with Gasteiger partial charge >= 0.3 is 11.6 Å². The third-order valence-corrected chi connectivity index (χ3v) is 3.85. The summed E-state index contributed by atoms with van der Waals surface area (Å²) in [5.74, 6) is 0.108. The predicted molar refractivity (Wildman–Crippen MR) is 95.1 cm³/mol. The van der Waals surface area contributed by atoms with Crippen LogP contribution in [-0.2, 0) is 4.79 Å². The van der Waals surface area contributed by atoms with E-state index in [0.717, 1.165) is 0 Å². The average molecular weight is 376 g/mol. The van der Waals surface area contributed by atoms with E-state index in [2.05, 4.69) is 4.98 Å². The van der Waals surface area contributed by atoms with E-state index in [1.165, 1.54) is 27.2 Å². The molecule has 0 saturated carbocycles. The first-order valence-electron chi connectivity index (χ1n) is 7.49. The summed E-state index contributed by atoms with van der Waals surface area (Å²) in [4.78, 5) is 28.3. The van der Waals surface area contributed by atoms with Gasteiger partial charge in [-0.3, -0.25) is 4.79 Å². The molecule has 0 N–H and O–H groups in total. The minimum Gasteiger partial charge on any atom is -0.494 e. The molecule has 0 radical (unpaired) electrons. The molecular formula is C18H14ClNO6. The number of aromatic nitrogens is 1. The number of ether oxygens (including phenoxy) is 3. The van der Waals surface area contributed by atoms with Gasteiger partial charge in [0.15, 0.2) is 5.75 Å². The molecule has 26 heavy (non-hydrogen) atoms. The molecule has 7 nitrogen and oxygen atoms in total. The van der Waals surface area contributed by atoms with Crippen molar-refractivity contribution in [3.63, 3.8) is 0 Å². The maximum Gasteiger partial charge on any atom is 0.351 e. The molecule has 1 heterocycles. The standard InChI is InChI=1S/C18H14ClNO6/c1-9(21)25-12-7-5-4-6-10(12)17-20-15-13(23-2)8-11(19)16(24-3)14(15)18(22)26-17/h4-8H,1-3H3. The first-order valence-corrected chi connectivity index (χ1v) is 7.87. The number of halogens is 1. The maximum atomic E-state index is 12.6. The van der Waals surface area contributed by atoms with E-state index < -0.39 is 11.6 Å². The maximum absolute atomic E-state index is 12.6. The van der Waals surface area contributed by atoms with Crippen LogP contribution >= 0.6 is 11.6 Å². The summed E-state index contributed by atoms with van der Waals surface area (Å²) in [7, 11) is 2.82. The van der Waals surface area contributed by atoms with Crippen molar-refractivity contribution in [2.24, 2.45) is 0 Å². The number of hydrogen-bond acceptors (Lipinski definition) is 7. The van der Waals surface area contributed by atoms with Crippen LogP contribution in [0.15, 0.2) is 39.5 Å². The fourth-order valence-electron chi connectivity index (χ4n) is 2.52. The fourth-order valence-corrected chi connectivity index (χ4v) is 2.79. The highest BCUT2D eigenvalue weighted by Crippen LogP contribution is 2.38. The molecule has 0 aliphatic carbocycles. The molecule has 3 aromatic rings. The van der Waals surface area contributed by atoms with Crippen LogP contribution in [0, 0.1) is 0 Å². The molecule has 0 unspecified atom stereocenters. The Balaban J connectivity index is 2.33. The van der Waals surface area contributed by atoms with E-state index in [9.17, 15) is 9.59 Å². The van der Waals surface area contributed by atoms with Crippen molar-refractivity contribution in [1.29, 1.82) is 0 Å². The first-order chi connectivity index (χ1) is 12.5. The SMILES string of the molecule is COc1cc(Cl)c(OC)c2c(=O)oc(-c3ccccc3OC(C)=O)nc12. The third kappa shape index (κ3) is 3.09. The zero-order valence-corrected chi connectivity index (χ0v) is 14.9. The Labute approximate surface area is 153 Å². The van der Waals surface area contributed by atoms with Crippen LogP contribution in [0.3, 0.4) is 0 Å². The molecule has 0 aliphatic rings. The first kappa shape index (κ1) is 17.8. The van der Waals surface area contributed by atoms with E-state index in [4.69, 9.17) is 30.2 Å². The van der Waals surface area contributed by atoms with Gasteiger partial charge in [0.05, 0.1) is 24.8 Å². The van der Waals surface area contributed by atoms with E-state index in [1.807, 2.05) is 0 Å². The number of benzene rings is 2. The lowest BCUT2D eigenvalue weighted by molar-refractivity contribution is -0.131. The molecule has 0 spiro atoms. The normalized spacial score (nSPS) is 10.6. The summed E-state index contributed by atoms with van der Waals surface area (Å²) in [6, 6.07) is 8.08. The lowest BCUT2D eigenvalue weighted by atomic mass is 10.1. The van der Waals surface area contributed by atoms with E-state index in [0.29, 0.717) is 5.56 Å². The molecule has 2 aromatic carbocycles. The van der Waals surface area contributed by atoms with Crippen molar-refractivity contribution >= 4 is 28.5 Å². The summed E-state index contributed by atoms with van der Waals surface area (Å²) in [6.07, 6.45) is 0. The Morgan fingerprint density at radius 1 is 1.15 bits per heavy atom. The monoisotopic (exact) mass is 375 g/mol. The van der Waals surface area contributed by atoms with Crippen LogP contribution in [0.2, 0.25) is 5.02 Å². The second-order valence-corrected chi connectivity index (χ2v) is 5.62. The number of carbonyl (C=O) groups is 1. The minimum atomic E-state index is -0.708. The minimum absolute atomic E-state index is 0.0259. The van der Waals surface area contributed by atoms with Crippen LogP contribution < -0.4 is 19.8 Å². The molecule has 0 fully saturated rings. The van der Waals surface area contributed by atoms with Crippen LogP contribution in [0.4, 0.5) is 0 Å². The van der Waals surface area contributed by atoms with Crippen molar-refractivity contribution in [3.8, 4) is 28.7 Å². The largest absolute Gasteiger partial charge is 0.494 e. The van der Waals surface area contributed by atoms with Crippen molar-refractivity contribution in [1.82, 2.24) is 4.98 Å². The zero-order chi connectivity index (χ0) is 18.8. The third-order valence-electron chi connectivity index (χ3n) is 3.57. The quantitative estimate of drug-likeness (QED) is 0.509. The van der Waals surface area contributed by atoms with Crippen LogP contribution in [-0.4, -0.2) is 25.2 Å². The smallest absolute Gasteiger partial charge is 0.351 e. The number of para-hydroxylation sites is 1. The highest BCUT2D eigenvalue weighted by atomic mass is 35.5. The van der Waals surface area contributed by atoms with E-state index >= 15 is 0 Å². The molecule has 1 aromatic heterocycles. The highest BCUT2D eigenvalue weighted by Gasteiger charge is 2.21. The van der Waals surface area contributed by atoms with Crippen molar-refractivity contribution in [2.45, 2.75) is 6.92 Å². The molecule has 0 saturated heterocycles. The predicted octanol–water partition coefficient (Wildman–Crippen LogP) is 3.45. The lowest BCUT2D eigenvalue weighted by Crippen LogP contribution is -2.08. The number of nitrogens with zero attached hydrogens (tertiary/aromatic N) is 1. The Morgan fingerprint density at radius 3 is 2.54 bits per heavy atom. The molecular weight excluding hydrogens is 362 g/mol. The van der Waals surface area contributed by atoms with Gasteiger partial charge in [-0.1, -0.05) is 23.7 Å². The number of esters is 1. The molecule has 0 amide bonds. The summed E-state index contributed by atoms with van der Waals surface area (Å²) < 4.78 is 21.0. The van der Waals surface area contributed by atoms with Gasteiger partial charge in [-0.25, -0.2) is 9.78 Å². The second kappa shape index (κ2) is 7.05. The molecule has 0 atom stereocenters. The molecule has 0 bridgehead atoms. The van der Waals surface area contributed by atoms with Gasteiger partial charge in [-0.15, -0.1) is 0 Å². The topological polar surface area (TPSA) is 87.9 Å².